The lowest BCUT2D eigenvalue weighted by Crippen LogP contribution is -2.44. The lowest BCUT2D eigenvalue weighted by molar-refractivity contribution is -0.124. The Morgan fingerprint density at radius 1 is 1.15 bits per heavy atom. The second-order valence-electron chi connectivity index (χ2n) is 7.41. The maximum atomic E-state index is 12.4. The number of fused-ring (bicyclic) bond motifs is 1. The Labute approximate surface area is 159 Å². The molecule has 3 aliphatic heterocycles. The summed E-state index contributed by atoms with van der Waals surface area (Å²) in [6, 6.07) is 5.46. The first-order valence-corrected chi connectivity index (χ1v) is 9.93. The lowest BCUT2D eigenvalue weighted by atomic mass is 10.1. The van der Waals surface area contributed by atoms with Crippen LogP contribution in [-0.2, 0) is 14.3 Å². The van der Waals surface area contributed by atoms with Crippen molar-refractivity contribution < 1.29 is 19.1 Å². The molecule has 1 atom stereocenters. The predicted octanol–water partition coefficient (Wildman–Crippen LogP) is 2.02. The first-order chi connectivity index (χ1) is 13.2. The molecule has 2 fully saturated rings. The van der Waals surface area contributed by atoms with Crippen molar-refractivity contribution in [2.24, 2.45) is 0 Å². The van der Waals surface area contributed by atoms with Crippen molar-refractivity contribution in [2.75, 3.05) is 49.6 Å². The summed E-state index contributed by atoms with van der Waals surface area (Å²) in [5, 5.41) is 2.91. The number of anilines is 2. The molecule has 1 N–H and O–H groups in total. The summed E-state index contributed by atoms with van der Waals surface area (Å²) < 4.78 is 11.0. The maximum Gasteiger partial charge on any atom is 0.265 e. The molecule has 0 aliphatic carbocycles. The van der Waals surface area contributed by atoms with Crippen molar-refractivity contribution in [2.45, 2.75) is 38.2 Å². The molecule has 3 heterocycles. The summed E-state index contributed by atoms with van der Waals surface area (Å²) >= 11 is 0. The van der Waals surface area contributed by atoms with Crippen LogP contribution in [0.2, 0.25) is 0 Å². The van der Waals surface area contributed by atoms with Crippen molar-refractivity contribution in [3.63, 3.8) is 0 Å². The number of likely N-dealkylation sites (tertiary alicyclic amines) is 1. The van der Waals surface area contributed by atoms with E-state index in [9.17, 15) is 9.59 Å². The van der Waals surface area contributed by atoms with E-state index in [0.29, 0.717) is 24.6 Å². The van der Waals surface area contributed by atoms with Gasteiger partial charge in [0.1, 0.15) is 11.9 Å². The van der Waals surface area contributed by atoms with Crippen LogP contribution in [0.15, 0.2) is 18.2 Å². The Kier molecular flexibility index (Phi) is 5.59. The highest BCUT2D eigenvalue weighted by Crippen LogP contribution is 2.34. The van der Waals surface area contributed by atoms with Crippen LogP contribution in [0.3, 0.4) is 0 Å². The molecule has 7 nitrogen and oxygen atoms in total. The van der Waals surface area contributed by atoms with E-state index in [4.69, 9.17) is 9.47 Å². The lowest BCUT2D eigenvalue weighted by Gasteiger charge is -2.33. The highest BCUT2D eigenvalue weighted by Gasteiger charge is 2.28. The van der Waals surface area contributed by atoms with Crippen molar-refractivity contribution in [1.29, 1.82) is 0 Å². The molecule has 0 radical (unpaired) electrons. The summed E-state index contributed by atoms with van der Waals surface area (Å²) in [6.07, 6.45) is 5.04. The number of nitrogens with one attached hydrogen (secondary N) is 1. The number of piperidine rings is 1. The zero-order valence-corrected chi connectivity index (χ0v) is 15.6. The third-order valence-corrected chi connectivity index (χ3v) is 5.48. The van der Waals surface area contributed by atoms with Crippen LogP contribution >= 0.6 is 0 Å². The fourth-order valence-electron chi connectivity index (χ4n) is 3.96. The predicted molar refractivity (Wildman–Crippen MR) is 102 cm³/mol. The minimum absolute atomic E-state index is 0.0397. The van der Waals surface area contributed by atoms with Gasteiger partial charge in [0, 0.05) is 25.4 Å². The molecule has 0 saturated carbocycles. The van der Waals surface area contributed by atoms with Gasteiger partial charge in [-0.25, -0.2) is 0 Å². The molecule has 0 aromatic heterocycles. The van der Waals surface area contributed by atoms with Crippen LogP contribution in [0.25, 0.3) is 0 Å². The van der Waals surface area contributed by atoms with Crippen LogP contribution in [0.5, 0.6) is 5.75 Å². The molecule has 1 aromatic carbocycles. The number of nitrogens with zero attached hydrogens (tertiary/aromatic N) is 2. The average molecular weight is 373 g/mol. The number of hydrogen-bond donors (Lipinski definition) is 1. The number of carbonyl (C=O) groups is 2. The second-order valence-corrected chi connectivity index (χ2v) is 7.41. The molecule has 0 bridgehead atoms. The molecule has 1 unspecified atom stereocenters. The Morgan fingerprint density at radius 2 is 2.00 bits per heavy atom. The number of hydrogen-bond acceptors (Lipinski definition) is 5. The minimum Gasteiger partial charge on any atom is -0.482 e. The van der Waals surface area contributed by atoms with E-state index in [1.807, 2.05) is 18.2 Å². The molecule has 3 aliphatic rings. The largest absolute Gasteiger partial charge is 0.482 e. The third kappa shape index (κ3) is 4.25. The Bertz CT molecular complexity index is 696. The summed E-state index contributed by atoms with van der Waals surface area (Å²) in [6.45, 7) is 4.39. The molecule has 1 aromatic rings. The van der Waals surface area contributed by atoms with Gasteiger partial charge in [-0.1, -0.05) is 6.42 Å². The molecule has 2 saturated heterocycles. The summed E-state index contributed by atoms with van der Waals surface area (Å²) in [5.74, 6) is 0.515. The molecule has 7 heteroatoms. The van der Waals surface area contributed by atoms with Gasteiger partial charge in [0.05, 0.1) is 5.69 Å². The fourth-order valence-corrected chi connectivity index (χ4v) is 3.96. The van der Waals surface area contributed by atoms with Gasteiger partial charge >= 0.3 is 0 Å². The van der Waals surface area contributed by atoms with Crippen molar-refractivity contribution in [3.8, 4) is 5.75 Å². The van der Waals surface area contributed by atoms with Crippen molar-refractivity contribution >= 4 is 23.2 Å². The SMILES string of the molecule is O=C(Nc1ccc2c(c1)N(CCN1CCCCC1)C(=O)CO2)C1CCCO1. The van der Waals surface area contributed by atoms with Crippen LogP contribution in [0, 0.1) is 0 Å². The highest BCUT2D eigenvalue weighted by molar-refractivity contribution is 6.00. The molecule has 0 spiro atoms. The van der Waals surface area contributed by atoms with Gasteiger partial charge < -0.3 is 24.6 Å². The van der Waals surface area contributed by atoms with Gasteiger partial charge in [-0.2, -0.15) is 0 Å². The van der Waals surface area contributed by atoms with Gasteiger partial charge in [0.15, 0.2) is 6.61 Å². The van der Waals surface area contributed by atoms with Crippen LogP contribution in [0.1, 0.15) is 32.1 Å². The number of ether oxygens (including phenoxy) is 2. The zero-order chi connectivity index (χ0) is 18.6. The van der Waals surface area contributed by atoms with Crippen LogP contribution in [0.4, 0.5) is 11.4 Å². The Morgan fingerprint density at radius 3 is 2.78 bits per heavy atom. The quantitative estimate of drug-likeness (QED) is 0.855. The van der Waals surface area contributed by atoms with E-state index in [1.54, 1.807) is 4.90 Å². The summed E-state index contributed by atoms with van der Waals surface area (Å²) in [5.41, 5.74) is 1.39. The van der Waals surface area contributed by atoms with Crippen molar-refractivity contribution in [3.05, 3.63) is 18.2 Å². The standard InChI is InChI=1S/C20H27N3O4/c24-19-14-27-17-7-6-15(21-20(25)18-5-4-12-26-18)13-16(17)23(19)11-10-22-8-2-1-3-9-22/h6-7,13,18H,1-5,8-12,14H2,(H,21,25). The van der Waals surface area contributed by atoms with Gasteiger partial charge in [-0.15, -0.1) is 0 Å². The smallest absolute Gasteiger partial charge is 0.265 e. The summed E-state index contributed by atoms with van der Waals surface area (Å²) in [4.78, 5) is 29.0. The minimum atomic E-state index is -0.380. The number of amides is 2. The second kappa shape index (κ2) is 8.27. The Balaban J connectivity index is 1.46. The number of rotatable bonds is 5. The van der Waals surface area contributed by atoms with E-state index in [1.165, 1.54) is 19.3 Å². The Hall–Kier alpha value is -2.12. The van der Waals surface area contributed by atoms with E-state index in [0.717, 1.165) is 38.2 Å². The monoisotopic (exact) mass is 373 g/mol. The van der Waals surface area contributed by atoms with E-state index >= 15 is 0 Å². The molecule has 4 rings (SSSR count). The first-order valence-electron chi connectivity index (χ1n) is 9.93. The van der Waals surface area contributed by atoms with E-state index in [2.05, 4.69) is 10.2 Å². The normalized spacial score (nSPS) is 23.0. The van der Waals surface area contributed by atoms with Crippen LogP contribution in [-0.4, -0.2) is 62.2 Å². The molecular formula is C20H27N3O4. The van der Waals surface area contributed by atoms with Gasteiger partial charge in [0.2, 0.25) is 0 Å². The topological polar surface area (TPSA) is 71.1 Å². The van der Waals surface area contributed by atoms with Crippen molar-refractivity contribution in [1.82, 2.24) is 4.90 Å². The molecule has 27 heavy (non-hydrogen) atoms. The number of benzene rings is 1. The molecule has 2 amide bonds. The molecular weight excluding hydrogens is 346 g/mol. The fraction of sp³-hybridized carbons (Fsp3) is 0.600. The van der Waals surface area contributed by atoms with Crippen LogP contribution < -0.4 is 15.0 Å². The van der Waals surface area contributed by atoms with E-state index in [-0.39, 0.29) is 24.5 Å². The zero-order valence-electron chi connectivity index (χ0n) is 15.6. The van der Waals surface area contributed by atoms with Gasteiger partial charge in [-0.05, 0) is 57.0 Å². The van der Waals surface area contributed by atoms with Gasteiger partial charge in [0.25, 0.3) is 11.8 Å². The third-order valence-electron chi connectivity index (χ3n) is 5.48. The van der Waals surface area contributed by atoms with E-state index < -0.39 is 0 Å². The van der Waals surface area contributed by atoms with Gasteiger partial charge in [-0.3, -0.25) is 9.59 Å². The molecule has 146 valence electrons. The summed E-state index contributed by atoms with van der Waals surface area (Å²) in [7, 11) is 0. The maximum absolute atomic E-state index is 12.4. The number of carbonyl (C=O) groups excluding carboxylic acids is 2. The first kappa shape index (κ1) is 18.3. The highest BCUT2D eigenvalue weighted by atomic mass is 16.5. The average Bonchev–Trinajstić information content (AvgIpc) is 3.23.